The van der Waals surface area contributed by atoms with Gasteiger partial charge < -0.3 is 15.2 Å². The van der Waals surface area contributed by atoms with Crippen molar-refractivity contribution in [3.63, 3.8) is 0 Å². The standard InChI is InChI=1S/C15H22N2O3/c1-2-12-4-3-5-13(8-12)16-15(19)9-17-6-7-20-11-14(17)10-18/h3-5,8,14,18H,2,6-7,9-11H2,1H3,(H,16,19). The molecule has 1 saturated heterocycles. The Bertz CT molecular complexity index is 450. The first-order chi connectivity index (χ1) is 9.72. The van der Waals surface area contributed by atoms with E-state index in [9.17, 15) is 9.90 Å². The minimum Gasteiger partial charge on any atom is -0.395 e. The molecule has 1 heterocycles. The van der Waals surface area contributed by atoms with E-state index >= 15 is 0 Å². The molecular weight excluding hydrogens is 256 g/mol. The number of aryl methyl sites for hydroxylation is 1. The molecule has 5 heteroatoms. The van der Waals surface area contributed by atoms with Crippen molar-refractivity contribution in [1.82, 2.24) is 4.90 Å². The van der Waals surface area contributed by atoms with Gasteiger partial charge in [-0.05, 0) is 24.1 Å². The van der Waals surface area contributed by atoms with Crippen molar-refractivity contribution < 1.29 is 14.6 Å². The number of nitrogens with one attached hydrogen (secondary N) is 1. The number of benzene rings is 1. The third-order valence-electron chi connectivity index (χ3n) is 3.53. The average molecular weight is 278 g/mol. The lowest BCUT2D eigenvalue weighted by molar-refractivity contribution is -0.120. The first-order valence-electron chi connectivity index (χ1n) is 7.04. The van der Waals surface area contributed by atoms with Gasteiger partial charge in [0.05, 0.1) is 32.4 Å². The van der Waals surface area contributed by atoms with Crippen LogP contribution in [0.3, 0.4) is 0 Å². The number of ether oxygens (including phenoxy) is 1. The number of aliphatic hydroxyl groups is 1. The highest BCUT2D eigenvalue weighted by atomic mass is 16.5. The summed E-state index contributed by atoms with van der Waals surface area (Å²) in [6.07, 6.45) is 0.944. The van der Waals surface area contributed by atoms with Gasteiger partial charge in [-0.2, -0.15) is 0 Å². The number of morpholine rings is 1. The summed E-state index contributed by atoms with van der Waals surface area (Å²) < 4.78 is 5.30. The zero-order valence-corrected chi connectivity index (χ0v) is 11.8. The molecule has 1 atom stereocenters. The fraction of sp³-hybridized carbons (Fsp3) is 0.533. The molecular formula is C15H22N2O3. The van der Waals surface area contributed by atoms with Crippen molar-refractivity contribution in [3.8, 4) is 0 Å². The van der Waals surface area contributed by atoms with Crippen LogP contribution >= 0.6 is 0 Å². The quantitative estimate of drug-likeness (QED) is 0.839. The van der Waals surface area contributed by atoms with Gasteiger partial charge in [0, 0.05) is 12.2 Å². The van der Waals surface area contributed by atoms with E-state index in [-0.39, 0.29) is 25.1 Å². The number of rotatable bonds is 5. The normalized spacial score (nSPS) is 19.8. The van der Waals surface area contributed by atoms with Crippen LogP contribution in [0.5, 0.6) is 0 Å². The van der Waals surface area contributed by atoms with Gasteiger partial charge in [-0.25, -0.2) is 0 Å². The molecule has 0 aliphatic carbocycles. The molecule has 1 aromatic rings. The maximum atomic E-state index is 12.1. The molecule has 1 aromatic carbocycles. The highest BCUT2D eigenvalue weighted by Gasteiger charge is 2.24. The van der Waals surface area contributed by atoms with Crippen LogP contribution in [0, 0.1) is 0 Å². The van der Waals surface area contributed by atoms with Crippen molar-refractivity contribution in [3.05, 3.63) is 29.8 Å². The third-order valence-corrected chi connectivity index (χ3v) is 3.53. The largest absolute Gasteiger partial charge is 0.395 e. The van der Waals surface area contributed by atoms with Gasteiger partial charge in [0.15, 0.2) is 0 Å². The van der Waals surface area contributed by atoms with Gasteiger partial charge in [0.1, 0.15) is 0 Å². The minimum absolute atomic E-state index is 0.0125. The fourth-order valence-electron chi connectivity index (χ4n) is 2.32. The summed E-state index contributed by atoms with van der Waals surface area (Å²) in [5, 5.41) is 12.2. The Morgan fingerprint density at radius 3 is 3.15 bits per heavy atom. The van der Waals surface area contributed by atoms with Crippen molar-refractivity contribution in [2.75, 3.05) is 38.2 Å². The van der Waals surface area contributed by atoms with Crippen LogP contribution in [0.2, 0.25) is 0 Å². The zero-order valence-electron chi connectivity index (χ0n) is 11.8. The number of hydrogen-bond donors (Lipinski definition) is 2. The predicted octanol–water partition coefficient (Wildman–Crippen LogP) is 0.881. The van der Waals surface area contributed by atoms with E-state index < -0.39 is 0 Å². The van der Waals surface area contributed by atoms with Gasteiger partial charge in [0.25, 0.3) is 0 Å². The van der Waals surface area contributed by atoms with Gasteiger partial charge in [-0.15, -0.1) is 0 Å². The van der Waals surface area contributed by atoms with Gasteiger partial charge in [0.2, 0.25) is 5.91 Å². The second-order valence-corrected chi connectivity index (χ2v) is 4.98. The number of hydrogen-bond acceptors (Lipinski definition) is 4. The summed E-state index contributed by atoms with van der Waals surface area (Å²) in [7, 11) is 0. The number of nitrogens with zero attached hydrogens (tertiary/aromatic N) is 1. The monoisotopic (exact) mass is 278 g/mol. The van der Waals surface area contributed by atoms with E-state index in [1.807, 2.05) is 29.2 Å². The smallest absolute Gasteiger partial charge is 0.238 e. The van der Waals surface area contributed by atoms with E-state index in [1.165, 1.54) is 5.56 Å². The van der Waals surface area contributed by atoms with Crippen LogP contribution in [-0.4, -0.2) is 54.9 Å². The van der Waals surface area contributed by atoms with Crippen molar-refractivity contribution in [2.24, 2.45) is 0 Å². The van der Waals surface area contributed by atoms with Crippen LogP contribution in [0.15, 0.2) is 24.3 Å². The van der Waals surface area contributed by atoms with Crippen LogP contribution in [0.25, 0.3) is 0 Å². The molecule has 110 valence electrons. The van der Waals surface area contributed by atoms with E-state index in [4.69, 9.17) is 4.74 Å². The van der Waals surface area contributed by atoms with Gasteiger partial charge >= 0.3 is 0 Å². The second-order valence-electron chi connectivity index (χ2n) is 4.98. The Morgan fingerprint density at radius 2 is 2.40 bits per heavy atom. The molecule has 0 aromatic heterocycles. The first-order valence-corrected chi connectivity index (χ1v) is 7.04. The summed E-state index contributed by atoms with van der Waals surface area (Å²) in [4.78, 5) is 14.0. The zero-order chi connectivity index (χ0) is 14.4. The van der Waals surface area contributed by atoms with Crippen molar-refractivity contribution in [1.29, 1.82) is 0 Å². The summed E-state index contributed by atoms with van der Waals surface area (Å²) in [5.74, 6) is -0.0568. The molecule has 1 fully saturated rings. The number of carbonyl (C=O) groups excluding carboxylic acids is 1. The molecule has 1 unspecified atom stereocenters. The molecule has 2 N–H and O–H groups in total. The van der Waals surface area contributed by atoms with Gasteiger partial charge in [-0.1, -0.05) is 19.1 Å². The highest BCUT2D eigenvalue weighted by molar-refractivity contribution is 5.92. The second kappa shape index (κ2) is 7.38. The Balaban J connectivity index is 1.90. The lowest BCUT2D eigenvalue weighted by Gasteiger charge is -2.33. The van der Waals surface area contributed by atoms with E-state index in [2.05, 4.69) is 12.2 Å². The Labute approximate surface area is 119 Å². The van der Waals surface area contributed by atoms with Gasteiger partial charge in [-0.3, -0.25) is 9.69 Å². The molecule has 1 aliphatic rings. The highest BCUT2D eigenvalue weighted by Crippen LogP contribution is 2.12. The van der Waals surface area contributed by atoms with Crippen molar-refractivity contribution >= 4 is 11.6 Å². The molecule has 20 heavy (non-hydrogen) atoms. The molecule has 5 nitrogen and oxygen atoms in total. The van der Waals surface area contributed by atoms with E-state index in [0.717, 1.165) is 12.1 Å². The number of amides is 1. The topological polar surface area (TPSA) is 61.8 Å². The fourth-order valence-corrected chi connectivity index (χ4v) is 2.32. The Kier molecular flexibility index (Phi) is 5.52. The van der Waals surface area contributed by atoms with Crippen molar-refractivity contribution in [2.45, 2.75) is 19.4 Å². The molecule has 1 aliphatic heterocycles. The Hall–Kier alpha value is -1.43. The maximum Gasteiger partial charge on any atom is 0.238 e. The van der Waals surface area contributed by atoms with Crippen LogP contribution in [-0.2, 0) is 16.0 Å². The SMILES string of the molecule is CCc1cccc(NC(=O)CN2CCOCC2CO)c1. The average Bonchev–Trinajstić information content (AvgIpc) is 2.48. The molecule has 1 amide bonds. The van der Waals surface area contributed by atoms with E-state index in [1.54, 1.807) is 0 Å². The molecule has 0 bridgehead atoms. The summed E-state index contributed by atoms with van der Waals surface area (Å²) in [5.41, 5.74) is 2.02. The number of anilines is 1. The summed E-state index contributed by atoms with van der Waals surface area (Å²) in [6.45, 7) is 4.14. The molecule has 0 spiro atoms. The lowest BCUT2D eigenvalue weighted by Crippen LogP contribution is -2.50. The lowest BCUT2D eigenvalue weighted by atomic mass is 10.1. The maximum absolute atomic E-state index is 12.1. The number of aliphatic hydroxyl groups excluding tert-OH is 1. The third kappa shape index (κ3) is 4.03. The summed E-state index contributed by atoms with van der Waals surface area (Å²) >= 11 is 0. The van der Waals surface area contributed by atoms with E-state index in [0.29, 0.717) is 19.8 Å². The Morgan fingerprint density at radius 1 is 1.55 bits per heavy atom. The van der Waals surface area contributed by atoms with Crippen LogP contribution in [0.1, 0.15) is 12.5 Å². The summed E-state index contributed by atoms with van der Waals surface area (Å²) in [6, 6.07) is 7.77. The number of carbonyl (C=O) groups is 1. The van der Waals surface area contributed by atoms with Crippen LogP contribution in [0.4, 0.5) is 5.69 Å². The molecule has 0 saturated carbocycles. The van der Waals surface area contributed by atoms with Crippen LogP contribution < -0.4 is 5.32 Å². The first kappa shape index (κ1) is 15.0. The minimum atomic E-state index is -0.0866. The molecule has 0 radical (unpaired) electrons. The molecule has 2 rings (SSSR count). The predicted molar refractivity (Wildman–Crippen MR) is 77.7 cm³/mol.